The predicted molar refractivity (Wildman–Crippen MR) is 103 cm³/mol. The zero-order valence-corrected chi connectivity index (χ0v) is 15.2. The topological polar surface area (TPSA) is 117 Å². The number of hydrogen-bond donors (Lipinski definition) is 3. The molecule has 5 N–H and O–H groups in total. The van der Waals surface area contributed by atoms with Crippen LogP contribution < -0.4 is 21.5 Å². The zero-order chi connectivity index (χ0) is 18.5. The zero-order valence-electron chi connectivity index (χ0n) is 15.2. The van der Waals surface area contributed by atoms with E-state index in [-0.39, 0.29) is 5.95 Å². The van der Waals surface area contributed by atoms with Crippen molar-refractivity contribution < 1.29 is 4.74 Å². The first-order valence-corrected chi connectivity index (χ1v) is 8.75. The molecule has 0 amide bonds. The molecule has 0 aliphatic rings. The van der Waals surface area contributed by atoms with Crippen LogP contribution in [0.25, 0.3) is 11.0 Å². The first kappa shape index (κ1) is 17.9. The molecule has 8 nitrogen and oxygen atoms in total. The molecule has 0 spiro atoms. The Labute approximate surface area is 152 Å². The fourth-order valence-electron chi connectivity index (χ4n) is 2.79. The number of fused-ring (bicyclic) bond motifs is 1. The Morgan fingerprint density at radius 2 is 2.12 bits per heavy atom. The van der Waals surface area contributed by atoms with Crippen LogP contribution in [-0.4, -0.2) is 33.4 Å². The van der Waals surface area contributed by atoms with Gasteiger partial charge in [-0.3, -0.25) is 4.68 Å². The molecular formula is C18H25N7O. The van der Waals surface area contributed by atoms with Crippen molar-refractivity contribution in [1.82, 2.24) is 19.7 Å². The van der Waals surface area contributed by atoms with Crippen molar-refractivity contribution in [3.8, 4) is 5.75 Å². The average Bonchev–Trinajstić information content (AvgIpc) is 3.04. The standard InChI is InChI=1S/C18H25N7O/c1-3-4-7-21-17-16-14(22-18(20)23-17)11-25(24-16)10-13-6-5-12(9-19)8-15(13)26-2/h5-6,8,11H,3-4,7,9-10,19H2,1-2H3,(H3,20,21,22,23). The maximum Gasteiger partial charge on any atom is 0.222 e. The van der Waals surface area contributed by atoms with Crippen LogP contribution in [0.2, 0.25) is 0 Å². The molecule has 0 bridgehead atoms. The van der Waals surface area contributed by atoms with Crippen LogP contribution >= 0.6 is 0 Å². The number of hydrogen-bond acceptors (Lipinski definition) is 7. The van der Waals surface area contributed by atoms with Gasteiger partial charge in [0.2, 0.25) is 5.95 Å². The molecule has 2 aromatic heterocycles. The minimum atomic E-state index is 0.237. The van der Waals surface area contributed by atoms with Crippen molar-refractivity contribution in [2.45, 2.75) is 32.9 Å². The van der Waals surface area contributed by atoms with Crippen molar-refractivity contribution in [2.75, 3.05) is 24.7 Å². The number of nitrogens with two attached hydrogens (primary N) is 2. The number of nitrogens with one attached hydrogen (secondary N) is 1. The molecule has 0 aliphatic carbocycles. The Kier molecular flexibility index (Phi) is 5.52. The van der Waals surface area contributed by atoms with Gasteiger partial charge in [0.1, 0.15) is 11.3 Å². The molecule has 26 heavy (non-hydrogen) atoms. The van der Waals surface area contributed by atoms with Gasteiger partial charge in [0.25, 0.3) is 0 Å². The summed E-state index contributed by atoms with van der Waals surface area (Å²) in [5.74, 6) is 1.70. The molecule has 3 rings (SSSR count). The number of rotatable bonds is 8. The van der Waals surface area contributed by atoms with Crippen LogP contribution in [0.1, 0.15) is 30.9 Å². The fraction of sp³-hybridized carbons (Fsp3) is 0.389. The van der Waals surface area contributed by atoms with E-state index in [4.69, 9.17) is 16.2 Å². The van der Waals surface area contributed by atoms with Crippen molar-refractivity contribution in [1.29, 1.82) is 0 Å². The normalized spacial score (nSPS) is 11.0. The second-order valence-electron chi connectivity index (χ2n) is 6.12. The molecule has 0 unspecified atom stereocenters. The van der Waals surface area contributed by atoms with Gasteiger partial charge in [-0.05, 0) is 18.1 Å². The summed E-state index contributed by atoms with van der Waals surface area (Å²) in [7, 11) is 1.65. The largest absolute Gasteiger partial charge is 0.496 e. The van der Waals surface area contributed by atoms with Crippen molar-refractivity contribution in [3.05, 3.63) is 35.5 Å². The lowest BCUT2D eigenvalue weighted by Crippen LogP contribution is -2.07. The Balaban J connectivity index is 1.90. The summed E-state index contributed by atoms with van der Waals surface area (Å²) >= 11 is 0. The van der Waals surface area contributed by atoms with E-state index in [2.05, 4.69) is 27.3 Å². The highest BCUT2D eigenvalue weighted by Gasteiger charge is 2.12. The molecule has 3 aromatic rings. The van der Waals surface area contributed by atoms with Crippen LogP contribution in [0.15, 0.2) is 24.4 Å². The third kappa shape index (κ3) is 3.85. The second kappa shape index (κ2) is 8.01. The van der Waals surface area contributed by atoms with Gasteiger partial charge in [-0.2, -0.15) is 10.1 Å². The number of aromatic nitrogens is 4. The summed E-state index contributed by atoms with van der Waals surface area (Å²) < 4.78 is 7.31. The van der Waals surface area contributed by atoms with Gasteiger partial charge in [0.15, 0.2) is 11.3 Å². The minimum absolute atomic E-state index is 0.237. The monoisotopic (exact) mass is 355 g/mol. The first-order valence-electron chi connectivity index (χ1n) is 8.75. The number of ether oxygens (including phenoxy) is 1. The Bertz CT molecular complexity index is 891. The van der Waals surface area contributed by atoms with E-state index in [1.165, 1.54) is 0 Å². The summed E-state index contributed by atoms with van der Waals surface area (Å²) in [4.78, 5) is 8.58. The third-order valence-electron chi connectivity index (χ3n) is 4.17. The lowest BCUT2D eigenvalue weighted by Gasteiger charge is -2.10. The van der Waals surface area contributed by atoms with Crippen LogP contribution in [-0.2, 0) is 13.1 Å². The molecule has 0 radical (unpaired) electrons. The molecule has 0 atom stereocenters. The van der Waals surface area contributed by atoms with E-state index in [9.17, 15) is 0 Å². The summed E-state index contributed by atoms with van der Waals surface area (Å²) in [6.07, 6.45) is 4.02. The predicted octanol–water partition coefficient (Wildman–Crippen LogP) is 2.14. The van der Waals surface area contributed by atoms with Crippen LogP contribution in [0.4, 0.5) is 11.8 Å². The Morgan fingerprint density at radius 3 is 2.85 bits per heavy atom. The Morgan fingerprint density at radius 1 is 1.27 bits per heavy atom. The van der Waals surface area contributed by atoms with E-state index < -0.39 is 0 Å². The quantitative estimate of drug-likeness (QED) is 0.530. The average molecular weight is 355 g/mol. The summed E-state index contributed by atoms with van der Waals surface area (Å²) in [5, 5.41) is 7.94. The molecule has 2 heterocycles. The van der Waals surface area contributed by atoms with Crippen molar-refractivity contribution in [2.24, 2.45) is 5.73 Å². The van der Waals surface area contributed by atoms with E-state index in [1.54, 1.807) is 7.11 Å². The number of nitrogen functional groups attached to an aromatic ring is 1. The van der Waals surface area contributed by atoms with Gasteiger partial charge >= 0.3 is 0 Å². The van der Waals surface area contributed by atoms with Crippen LogP contribution in [0.3, 0.4) is 0 Å². The number of nitrogens with zero attached hydrogens (tertiary/aromatic N) is 4. The lowest BCUT2D eigenvalue weighted by atomic mass is 10.1. The SMILES string of the molecule is CCCCNc1nc(N)nc2cn(Cc3ccc(CN)cc3OC)nc12. The van der Waals surface area contributed by atoms with Gasteiger partial charge in [-0.1, -0.05) is 25.5 Å². The smallest absolute Gasteiger partial charge is 0.222 e. The highest BCUT2D eigenvalue weighted by atomic mass is 16.5. The van der Waals surface area contributed by atoms with Gasteiger partial charge in [0, 0.05) is 18.7 Å². The molecule has 138 valence electrons. The van der Waals surface area contributed by atoms with E-state index in [1.807, 2.05) is 29.1 Å². The molecule has 0 saturated carbocycles. The Hall–Kier alpha value is -2.87. The second-order valence-corrected chi connectivity index (χ2v) is 6.12. The third-order valence-corrected chi connectivity index (χ3v) is 4.17. The van der Waals surface area contributed by atoms with Gasteiger partial charge in [0.05, 0.1) is 19.9 Å². The number of methoxy groups -OCH3 is 1. The summed E-state index contributed by atoms with van der Waals surface area (Å²) in [6.45, 7) is 4.00. The number of anilines is 2. The van der Waals surface area contributed by atoms with Gasteiger partial charge in [-0.15, -0.1) is 0 Å². The summed E-state index contributed by atoms with van der Waals surface area (Å²) in [6, 6.07) is 5.96. The molecule has 0 fully saturated rings. The molecule has 8 heteroatoms. The van der Waals surface area contributed by atoms with Crippen LogP contribution in [0, 0.1) is 0 Å². The maximum atomic E-state index is 5.84. The van der Waals surface area contributed by atoms with Crippen molar-refractivity contribution >= 4 is 22.8 Å². The fourth-order valence-corrected chi connectivity index (χ4v) is 2.79. The number of unbranched alkanes of at least 4 members (excludes halogenated alkanes) is 1. The highest BCUT2D eigenvalue weighted by molar-refractivity contribution is 5.85. The van der Waals surface area contributed by atoms with E-state index in [0.717, 1.165) is 36.3 Å². The molecule has 0 saturated heterocycles. The van der Waals surface area contributed by atoms with Gasteiger partial charge < -0.3 is 21.5 Å². The lowest BCUT2D eigenvalue weighted by molar-refractivity contribution is 0.407. The van der Waals surface area contributed by atoms with Gasteiger partial charge in [-0.25, -0.2) is 4.98 Å². The minimum Gasteiger partial charge on any atom is -0.496 e. The highest BCUT2D eigenvalue weighted by Crippen LogP contribution is 2.24. The molecule has 0 aliphatic heterocycles. The van der Waals surface area contributed by atoms with Crippen LogP contribution in [0.5, 0.6) is 5.75 Å². The molecule has 1 aromatic carbocycles. The number of benzene rings is 1. The van der Waals surface area contributed by atoms with Crippen molar-refractivity contribution in [3.63, 3.8) is 0 Å². The molecular weight excluding hydrogens is 330 g/mol. The summed E-state index contributed by atoms with van der Waals surface area (Å²) in [5.41, 5.74) is 15.0. The van der Waals surface area contributed by atoms with E-state index >= 15 is 0 Å². The first-order chi connectivity index (χ1) is 12.6. The van der Waals surface area contributed by atoms with E-state index in [0.29, 0.717) is 29.9 Å². The maximum absolute atomic E-state index is 5.84.